The van der Waals surface area contributed by atoms with E-state index in [1.165, 1.54) is 38.6 Å². The van der Waals surface area contributed by atoms with Crippen LogP contribution in [0.2, 0.25) is 0 Å². The summed E-state index contributed by atoms with van der Waals surface area (Å²) < 4.78 is 7.05. The summed E-state index contributed by atoms with van der Waals surface area (Å²) in [4.78, 5) is 28.0. The molecule has 2 N–H and O–H groups in total. The van der Waals surface area contributed by atoms with Gasteiger partial charge in [-0.25, -0.2) is 0 Å². The second kappa shape index (κ2) is 17.6. The average molecular weight is 541 g/mol. The Morgan fingerprint density at radius 3 is 2.15 bits per heavy atom. The zero-order valence-corrected chi connectivity index (χ0v) is 24.6. The highest BCUT2D eigenvalue weighted by Crippen LogP contribution is 2.22. The summed E-state index contributed by atoms with van der Waals surface area (Å²) in [5.74, 6) is 0.463. The van der Waals surface area contributed by atoms with Crippen LogP contribution in [0.3, 0.4) is 0 Å². The molecule has 2 amide bonds. The Morgan fingerprint density at radius 1 is 0.872 bits per heavy atom. The molecule has 1 heterocycles. The lowest BCUT2D eigenvalue weighted by atomic mass is 10.1. The molecule has 0 aromatic heterocycles. The molecule has 1 aliphatic heterocycles. The van der Waals surface area contributed by atoms with Gasteiger partial charge in [0.25, 0.3) is 11.8 Å². The number of anilines is 1. The Kier molecular flexibility index (Phi) is 14.6. The number of nitrogens with one attached hydrogen (secondary N) is 1. The molecule has 7 heteroatoms. The largest absolute Gasteiger partial charge is 0.493 e. The van der Waals surface area contributed by atoms with Crippen LogP contribution in [-0.4, -0.2) is 79.3 Å². The van der Waals surface area contributed by atoms with Crippen molar-refractivity contribution in [1.82, 2.24) is 4.90 Å². The van der Waals surface area contributed by atoms with Crippen molar-refractivity contribution < 1.29 is 23.9 Å². The normalized spacial score (nSPS) is 14.2. The number of quaternary nitrogens is 1. The Morgan fingerprint density at radius 2 is 1.51 bits per heavy atom. The van der Waals surface area contributed by atoms with Crippen molar-refractivity contribution in [3.8, 4) is 5.75 Å². The first-order valence-electron chi connectivity index (χ1n) is 14.7. The van der Waals surface area contributed by atoms with Gasteiger partial charge in [0.2, 0.25) is 0 Å². The third-order valence-electron chi connectivity index (χ3n) is 7.62. The molecule has 2 aromatic carbocycles. The second-order valence-corrected chi connectivity index (χ2v) is 10.3. The maximum absolute atomic E-state index is 13.1. The molecule has 2 aromatic rings. The molecule has 1 fully saturated rings. The number of likely N-dealkylation sites (N-methyl/N-ethyl adjacent to an activating group) is 1. The number of ether oxygens (including phenoxy) is 1. The van der Waals surface area contributed by atoms with Gasteiger partial charge < -0.3 is 24.5 Å². The highest BCUT2D eigenvalue weighted by molar-refractivity contribution is 6.06. The van der Waals surface area contributed by atoms with Crippen molar-refractivity contribution in [2.45, 2.75) is 65.7 Å². The number of para-hydroxylation sites is 1. The fourth-order valence-electron chi connectivity index (χ4n) is 5.19. The van der Waals surface area contributed by atoms with Crippen LogP contribution in [0.5, 0.6) is 5.75 Å². The van der Waals surface area contributed by atoms with E-state index in [0.717, 1.165) is 57.2 Å². The van der Waals surface area contributed by atoms with Gasteiger partial charge in [0, 0.05) is 18.4 Å². The van der Waals surface area contributed by atoms with Gasteiger partial charge in [0.1, 0.15) is 5.75 Å². The number of carbonyl (C=O) groups is 2. The number of unbranched alkanes of at least 4 members (excludes halogenated alkanes) is 5. The number of amides is 2. The summed E-state index contributed by atoms with van der Waals surface area (Å²) in [7, 11) is 1.00. The number of hydrogen-bond donors (Lipinski definition) is 2. The van der Waals surface area contributed by atoms with Crippen molar-refractivity contribution in [2.24, 2.45) is 0 Å². The zero-order valence-electron chi connectivity index (χ0n) is 24.6. The smallest absolute Gasteiger partial charge is 0.259 e. The molecule has 0 atom stereocenters. The highest BCUT2D eigenvalue weighted by atomic mass is 16.5. The van der Waals surface area contributed by atoms with Crippen LogP contribution in [0.1, 0.15) is 86.4 Å². The molecule has 3 rings (SSSR count). The van der Waals surface area contributed by atoms with E-state index in [0.29, 0.717) is 29.2 Å². The number of aliphatic hydroxyl groups is 1. The van der Waals surface area contributed by atoms with Crippen molar-refractivity contribution in [1.29, 1.82) is 0 Å². The predicted octanol–water partition coefficient (Wildman–Crippen LogP) is 5.99. The van der Waals surface area contributed by atoms with Crippen LogP contribution in [-0.2, 0) is 0 Å². The van der Waals surface area contributed by atoms with Crippen LogP contribution >= 0.6 is 0 Å². The summed E-state index contributed by atoms with van der Waals surface area (Å²) in [6, 6.07) is 14.6. The first-order chi connectivity index (χ1) is 19.0. The highest BCUT2D eigenvalue weighted by Gasteiger charge is 2.32. The number of rotatable bonds is 14. The maximum Gasteiger partial charge on any atom is 0.259 e. The van der Waals surface area contributed by atoms with Gasteiger partial charge in [-0.05, 0) is 56.2 Å². The maximum atomic E-state index is 13.1. The third kappa shape index (κ3) is 9.97. The van der Waals surface area contributed by atoms with E-state index in [-0.39, 0.29) is 11.8 Å². The molecule has 0 unspecified atom stereocenters. The molecule has 39 heavy (non-hydrogen) atoms. The van der Waals surface area contributed by atoms with Gasteiger partial charge in [-0.15, -0.1) is 0 Å². The van der Waals surface area contributed by atoms with Gasteiger partial charge in [-0.3, -0.25) is 9.59 Å². The van der Waals surface area contributed by atoms with Gasteiger partial charge in [0.15, 0.2) is 0 Å². The van der Waals surface area contributed by atoms with E-state index in [4.69, 9.17) is 9.84 Å². The van der Waals surface area contributed by atoms with E-state index in [2.05, 4.69) is 26.1 Å². The van der Waals surface area contributed by atoms with Crippen molar-refractivity contribution in [3.63, 3.8) is 0 Å². The molecule has 1 saturated heterocycles. The lowest BCUT2D eigenvalue weighted by Gasteiger charge is -2.44. The molecule has 216 valence electrons. The van der Waals surface area contributed by atoms with Crippen LogP contribution < -0.4 is 10.1 Å². The number of aliphatic hydroxyl groups excluding tert-OH is 1. The van der Waals surface area contributed by atoms with Crippen LogP contribution in [0.25, 0.3) is 0 Å². The number of piperazine rings is 1. The molecule has 1 aliphatic rings. The topological polar surface area (TPSA) is 78.9 Å². The predicted molar refractivity (Wildman–Crippen MR) is 159 cm³/mol. The quantitative estimate of drug-likeness (QED) is 0.228. The van der Waals surface area contributed by atoms with E-state index in [1.54, 1.807) is 18.2 Å². The van der Waals surface area contributed by atoms with Gasteiger partial charge in [-0.2, -0.15) is 0 Å². The standard InChI is InChI=1S/C31H45N3O3.CH4O/c1-4-7-8-9-10-13-25-37-29-15-12-11-14-28(29)30(35)32-27-18-16-26(17-19-27)31(36)33-20-23-34(6-3,22-5-2)24-21-33;1-2/h11-12,14-19H,4-10,13,20-25H2,1-3H3;2H,1H3/p+1. The fourth-order valence-corrected chi connectivity index (χ4v) is 5.19. The molecule has 0 saturated carbocycles. The minimum absolute atomic E-state index is 0.0664. The lowest BCUT2D eigenvalue weighted by Crippen LogP contribution is -2.60. The Bertz CT molecular complexity index is 985. The van der Waals surface area contributed by atoms with E-state index < -0.39 is 0 Å². The summed E-state index contributed by atoms with van der Waals surface area (Å²) in [5.41, 5.74) is 1.84. The minimum atomic E-state index is -0.210. The van der Waals surface area contributed by atoms with Crippen LogP contribution in [0, 0.1) is 0 Å². The zero-order chi connectivity index (χ0) is 28.5. The van der Waals surface area contributed by atoms with Crippen molar-refractivity contribution >= 4 is 17.5 Å². The van der Waals surface area contributed by atoms with Gasteiger partial charge >= 0.3 is 0 Å². The van der Waals surface area contributed by atoms with Crippen molar-refractivity contribution in [3.05, 3.63) is 59.7 Å². The second-order valence-electron chi connectivity index (χ2n) is 10.3. The molecular weight excluding hydrogens is 490 g/mol. The summed E-state index contributed by atoms with van der Waals surface area (Å²) in [5, 5.41) is 9.96. The summed E-state index contributed by atoms with van der Waals surface area (Å²) in [6.45, 7) is 13.2. The average Bonchev–Trinajstić information content (AvgIpc) is 2.98. The van der Waals surface area contributed by atoms with E-state index in [1.807, 2.05) is 35.2 Å². The first kappa shape index (κ1) is 32.3. The monoisotopic (exact) mass is 540 g/mol. The SMILES string of the molecule is CCCCCCCCOc1ccccc1C(=O)Nc1ccc(C(=O)N2CC[N+](CC)(CCC)CC2)cc1.CO. The molecule has 0 spiro atoms. The Labute approximate surface area is 235 Å². The molecule has 7 nitrogen and oxygen atoms in total. The van der Waals surface area contributed by atoms with Crippen LogP contribution in [0.4, 0.5) is 5.69 Å². The number of benzene rings is 2. The molecular formula is C32H50N3O4+. The number of nitrogens with zero attached hydrogens (tertiary/aromatic N) is 2. The lowest BCUT2D eigenvalue weighted by molar-refractivity contribution is -0.930. The van der Waals surface area contributed by atoms with Crippen LogP contribution in [0.15, 0.2) is 48.5 Å². The van der Waals surface area contributed by atoms with Gasteiger partial charge in [0.05, 0.1) is 51.4 Å². The summed E-state index contributed by atoms with van der Waals surface area (Å²) >= 11 is 0. The fraction of sp³-hybridized carbons (Fsp3) is 0.562. The molecule has 0 bridgehead atoms. The number of carbonyl (C=O) groups excluding carboxylic acids is 2. The first-order valence-corrected chi connectivity index (χ1v) is 14.7. The molecule has 0 aliphatic carbocycles. The third-order valence-corrected chi connectivity index (χ3v) is 7.62. The summed E-state index contributed by atoms with van der Waals surface area (Å²) in [6.07, 6.45) is 8.34. The van der Waals surface area contributed by atoms with Crippen molar-refractivity contribution in [2.75, 3.05) is 58.3 Å². The minimum Gasteiger partial charge on any atom is -0.493 e. The molecule has 0 radical (unpaired) electrons. The Hall–Kier alpha value is -2.90. The number of hydrogen-bond acceptors (Lipinski definition) is 4. The van der Waals surface area contributed by atoms with E-state index >= 15 is 0 Å². The van der Waals surface area contributed by atoms with Gasteiger partial charge in [-0.1, -0.05) is 58.1 Å². The Balaban J connectivity index is 0.00000260. The van der Waals surface area contributed by atoms with E-state index in [9.17, 15) is 9.59 Å².